The zero-order valence-corrected chi connectivity index (χ0v) is 11.4. The molecule has 19 heavy (non-hydrogen) atoms. The van der Waals surface area contributed by atoms with E-state index in [-0.39, 0.29) is 12.1 Å². The molecule has 1 aromatic heterocycles. The summed E-state index contributed by atoms with van der Waals surface area (Å²) < 4.78 is 5.95. The number of nitrogens with zero attached hydrogens (tertiary/aromatic N) is 2. The van der Waals surface area contributed by atoms with Crippen molar-refractivity contribution in [2.45, 2.75) is 38.0 Å². The van der Waals surface area contributed by atoms with E-state index < -0.39 is 0 Å². The van der Waals surface area contributed by atoms with Gasteiger partial charge in [0.1, 0.15) is 5.82 Å². The minimum Gasteiger partial charge on any atom is -0.383 e. The molecule has 2 aliphatic heterocycles. The highest BCUT2D eigenvalue weighted by Crippen LogP contribution is 2.29. The van der Waals surface area contributed by atoms with Gasteiger partial charge in [-0.1, -0.05) is 0 Å². The van der Waals surface area contributed by atoms with Gasteiger partial charge < -0.3 is 16.2 Å². The topological polar surface area (TPSA) is 77.4 Å². The van der Waals surface area contributed by atoms with Gasteiger partial charge in [-0.05, 0) is 37.9 Å². The Morgan fingerprint density at radius 1 is 1.53 bits per heavy atom. The highest BCUT2D eigenvalue weighted by atomic mass is 16.5. The molecule has 0 bridgehead atoms. The summed E-state index contributed by atoms with van der Waals surface area (Å²) in [5.41, 5.74) is 14.3. The summed E-state index contributed by atoms with van der Waals surface area (Å²) in [7, 11) is 0. The Hall–Kier alpha value is -1.17. The Morgan fingerprint density at radius 2 is 2.37 bits per heavy atom. The third-order valence-electron chi connectivity index (χ3n) is 4.26. The Kier molecular flexibility index (Phi) is 3.43. The average molecular weight is 262 g/mol. The monoisotopic (exact) mass is 262 g/mol. The SMILES string of the molecule is Cc1cnc(N)c(C(N)C2CN3CCCC3CO2)c1. The van der Waals surface area contributed by atoms with Gasteiger partial charge in [0.05, 0.1) is 18.8 Å². The predicted octanol–water partition coefficient (Wildman–Crippen LogP) is 0.835. The van der Waals surface area contributed by atoms with Crippen LogP contribution in [0.2, 0.25) is 0 Å². The first-order chi connectivity index (χ1) is 9.15. The van der Waals surface area contributed by atoms with E-state index in [9.17, 15) is 0 Å². The van der Waals surface area contributed by atoms with Crippen LogP contribution >= 0.6 is 0 Å². The molecule has 0 aromatic carbocycles. The lowest BCUT2D eigenvalue weighted by molar-refractivity contribution is -0.0596. The fourth-order valence-electron chi connectivity index (χ4n) is 3.13. The largest absolute Gasteiger partial charge is 0.383 e. The lowest BCUT2D eigenvalue weighted by Crippen LogP contribution is -2.49. The second-order valence-corrected chi connectivity index (χ2v) is 5.68. The first-order valence-electron chi connectivity index (χ1n) is 6.98. The minimum absolute atomic E-state index is 0.0141. The van der Waals surface area contributed by atoms with Crippen molar-refractivity contribution < 1.29 is 4.74 Å². The number of morpholine rings is 1. The van der Waals surface area contributed by atoms with Crippen LogP contribution in [0.25, 0.3) is 0 Å². The van der Waals surface area contributed by atoms with Gasteiger partial charge in [-0.2, -0.15) is 0 Å². The third kappa shape index (κ3) is 2.45. The smallest absolute Gasteiger partial charge is 0.128 e. The summed E-state index contributed by atoms with van der Waals surface area (Å²) in [4.78, 5) is 6.68. The van der Waals surface area contributed by atoms with Gasteiger partial charge in [0.25, 0.3) is 0 Å². The number of aromatic nitrogens is 1. The molecular formula is C14H22N4O. The van der Waals surface area contributed by atoms with Crippen LogP contribution in [0.5, 0.6) is 0 Å². The first kappa shape index (κ1) is 12.8. The molecule has 3 rings (SSSR count). The molecule has 0 spiro atoms. The van der Waals surface area contributed by atoms with Crippen LogP contribution in [0.4, 0.5) is 5.82 Å². The van der Waals surface area contributed by atoms with E-state index in [1.807, 2.05) is 13.0 Å². The highest BCUT2D eigenvalue weighted by Gasteiger charge is 2.35. The summed E-state index contributed by atoms with van der Waals surface area (Å²) in [5.74, 6) is 0.519. The second kappa shape index (κ2) is 5.07. The maximum absolute atomic E-state index is 6.35. The molecule has 0 aliphatic carbocycles. The lowest BCUT2D eigenvalue weighted by Gasteiger charge is -2.38. The van der Waals surface area contributed by atoms with Crippen LogP contribution in [0, 0.1) is 6.92 Å². The number of hydrogen-bond acceptors (Lipinski definition) is 5. The van der Waals surface area contributed by atoms with E-state index in [0.717, 1.165) is 24.3 Å². The van der Waals surface area contributed by atoms with Crippen LogP contribution in [-0.4, -0.2) is 41.7 Å². The number of ether oxygens (including phenoxy) is 1. The molecule has 1 aromatic rings. The minimum atomic E-state index is -0.200. The van der Waals surface area contributed by atoms with Gasteiger partial charge in [-0.15, -0.1) is 0 Å². The van der Waals surface area contributed by atoms with Crippen molar-refractivity contribution in [3.05, 3.63) is 23.4 Å². The molecule has 2 saturated heterocycles. The van der Waals surface area contributed by atoms with Crippen molar-refractivity contribution in [1.82, 2.24) is 9.88 Å². The zero-order chi connectivity index (χ0) is 13.4. The molecule has 5 nitrogen and oxygen atoms in total. The number of hydrogen-bond donors (Lipinski definition) is 2. The van der Waals surface area contributed by atoms with Crippen molar-refractivity contribution in [3.8, 4) is 0 Å². The zero-order valence-electron chi connectivity index (χ0n) is 11.4. The van der Waals surface area contributed by atoms with Gasteiger partial charge in [0, 0.05) is 24.3 Å². The Morgan fingerprint density at radius 3 is 3.21 bits per heavy atom. The van der Waals surface area contributed by atoms with Crippen LogP contribution in [0.15, 0.2) is 12.3 Å². The van der Waals surface area contributed by atoms with Crippen molar-refractivity contribution >= 4 is 5.82 Å². The summed E-state index contributed by atoms with van der Waals surface area (Å²) in [6, 6.07) is 2.41. The number of nitrogens with two attached hydrogens (primary N) is 2. The molecule has 3 unspecified atom stereocenters. The molecule has 5 heteroatoms. The molecule has 3 atom stereocenters. The number of fused-ring (bicyclic) bond motifs is 1. The molecule has 4 N–H and O–H groups in total. The second-order valence-electron chi connectivity index (χ2n) is 5.68. The standard InChI is InChI=1S/C14H22N4O/c1-9-5-11(14(16)17-6-9)13(15)12-7-18-4-2-3-10(18)8-19-12/h5-6,10,12-13H,2-4,7-8,15H2,1H3,(H2,16,17). The Labute approximate surface area is 113 Å². The normalized spacial score (nSPS) is 29.2. The molecule has 3 heterocycles. The van der Waals surface area contributed by atoms with Gasteiger partial charge in [0.2, 0.25) is 0 Å². The number of rotatable bonds is 2. The average Bonchev–Trinajstić information content (AvgIpc) is 2.88. The van der Waals surface area contributed by atoms with Gasteiger partial charge in [0.15, 0.2) is 0 Å². The van der Waals surface area contributed by atoms with Crippen molar-refractivity contribution in [1.29, 1.82) is 0 Å². The van der Waals surface area contributed by atoms with E-state index in [1.54, 1.807) is 6.20 Å². The van der Waals surface area contributed by atoms with Crippen molar-refractivity contribution in [2.24, 2.45) is 5.73 Å². The van der Waals surface area contributed by atoms with Crippen LogP contribution in [0.1, 0.15) is 30.0 Å². The van der Waals surface area contributed by atoms with Gasteiger partial charge >= 0.3 is 0 Å². The molecule has 2 aliphatic rings. The van der Waals surface area contributed by atoms with E-state index in [4.69, 9.17) is 16.2 Å². The number of nitrogen functional groups attached to an aromatic ring is 1. The fourth-order valence-corrected chi connectivity index (χ4v) is 3.13. The Balaban J connectivity index is 1.76. The molecular weight excluding hydrogens is 240 g/mol. The molecule has 2 fully saturated rings. The Bertz CT molecular complexity index is 465. The van der Waals surface area contributed by atoms with E-state index in [0.29, 0.717) is 11.9 Å². The molecule has 0 radical (unpaired) electrons. The number of aryl methyl sites for hydroxylation is 1. The summed E-state index contributed by atoms with van der Waals surface area (Å²) >= 11 is 0. The maximum atomic E-state index is 6.35. The van der Waals surface area contributed by atoms with Crippen molar-refractivity contribution in [3.63, 3.8) is 0 Å². The van der Waals surface area contributed by atoms with Gasteiger partial charge in [-0.25, -0.2) is 4.98 Å². The van der Waals surface area contributed by atoms with Crippen LogP contribution in [-0.2, 0) is 4.74 Å². The van der Waals surface area contributed by atoms with E-state index >= 15 is 0 Å². The highest BCUT2D eigenvalue weighted by molar-refractivity contribution is 5.43. The van der Waals surface area contributed by atoms with Crippen molar-refractivity contribution in [2.75, 3.05) is 25.4 Å². The molecule has 0 amide bonds. The quantitative estimate of drug-likeness (QED) is 0.825. The third-order valence-corrected chi connectivity index (χ3v) is 4.26. The molecule has 0 saturated carbocycles. The summed E-state index contributed by atoms with van der Waals surface area (Å²) in [5, 5.41) is 0. The van der Waals surface area contributed by atoms with Crippen LogP contribution < -0.4 is 11.5 Å². The summed E-state index contributed by atoms with van der Waals surface area (Å²) in [6.45, 7) is 4.86. The summed E-state index contributed by atoms with van der Waals surface area (Å²) in [6.07, 6.45) is 4.30. The fraction of sp³-hybridized carbons (Fsp3) is 0.643. The van der Waals surface area contributed by atoms with E-state index in [2.05, 4.69) is 9.88 Å². The maximum Gasteiger partial charge on any atom is 0.128 e. The van der Waals surface area contributed by atoms with Gasteiger partial charge in [-0.3, -0.25) is 4.90 Å². The lowest BCUT2D eigenvalue weighted by atomic mass is 9.99. The van der Waals surface area contributed by atoms with E-state index in [1.165, 1.54) is 19.4 Å². The number of pyridine rings is 1. The van der Waals surface area contributed by atoms with Crippen LogP contribution in [0.3, 0.4) is 0 Å². The predicted molar refractivity (Wildman–Crippen MR) is 74.6 cm³/mol. The number of anilines is 1. The first-order valence-corrected chi connectivity index (χ1v) is 6.98. The molecule has 104 valence electrons.